The Balaban J connectivity index is 1.33. The van der Waals surface area contributed by atoms with Gasteiger partial charge in [-0.3, -0.25) is 0 Å². The number of hydrogen-bond donors (Lipinski definition) is 0. The summed E-state index contributed by atoms with van der Waals surface area (Å²) < 4.78 is 0. The fraction of sp³-hybridized carbons (Fsp3) is 0.0556. The second-order valence-electron chi connectivity index (χ2n) is 9.97. The number of fused-ring (bicyclic) bond motifs is 4. The molecule has 0 aliphatic rings. The van der Waals surface area contributed by atoms with Crippen LogP contribution >= 0.6 is 0 Å². The van der Waals surface area contributed by atoms with Crippen molar-refractivity contribution in [3.8, 4) is 0 Å². The van der Waals surface area contributed by atoms with Crippen LogP contribution in [0.4, 0.5) is 22.7 Å². The summed E-state index contributed by atoms with van der Waals surface area (Å²) in [6, 6.07) is 48.2. The Hall–Kier alpha value is -4.82. The van der Waals surface area contributed by atoms with Gasteiger partial charge >= 0.3 is 0 Å². The van der Waals surface area contributed by atoms with E-state index in [1.807, 2.05) is 0 Å². The molecule has 0 aromatic heterocycles. The highest BCUT2D eigenvalue weighted by atomic mass is 15.1. The third-order valence-corrected chi connectivity index (χ3v) is 7.78. The molecule has 7 aromatic carbocycles. The summed E-state index contributed by atoms with van der Waals surface area (Å²) in [5.74, 6) is 0. The average Bonchev–Trinajstić information content (AvgIpc) is 2.98. The molecule has 0 amide bonds. The van der Waals surface area contributed by atoms with E-state index in [0.717, 1.165) is 11.4 Å². The number of nitrogens with zero attached hydrogens (tertiary/aromatic N) is 2. The molecule has 0 saturated heterocycles. The summed E-state index contributed by atoms with van der Waals surface area (Å²) in [5, 5.41) is 10.1. The van der Waals surface area contributed by atoms with Crippen molar-refractivity contribution in [1.82, 2.24) is 0 Å². The quantitative estimate of drug-likeness (QED) is 0.227. The minimum atomic E-state index is 1.16. The van der Waals surface area contributed by atoms with Crippen molar-refractivity contribution in [2.75, 3.05) is 23.9 Å². The molecule has 2 nitrogen and oxygen atoms in total. The highest BCUT2D eigenvalue weighted by Crippen LogP contribution is 2.41. The van der Waals surface area contributed by atoms with Crippen LogP contribution in [0.3, 0.4) is 0 Å². The van der Waals surface area contributed by atoms with Gasteiger partial charge in [-0.05, 0) is 57.9 Å². The SMILES string of the molecule is CN(c1ccc(N(C)c2c3ccccc3cc3ccccc23)cc1)c1c2ccccc2cc2ccccc12. The Morgan fingerprint density at radius 3 is 0.895 bits per heavy atom. The summed E-state index contributed by atoms with van der Waals surface area (Å²) >= 11 is 0. The Morgan fingerprint density at radius 2 is 0.605 bits per heavy atom. The Labute approximate surface area is 223 Å². The molecule has 7 aromatic rings. The molecule has 0 aliphatic carbocycles. The Bertz CT molecular complexity index is 1700. The fourth-order valence-electron chi connectivity index (χ4n) is 5.86. The molecule has 182 valence electrons. The first-order valence-corrected chi connectivity index (χ1v) is 13.1. The van der Waals surface area contributed by atoms with Crippen molar-refractivity contribution in [1.29, 1.82) is 0 Å². The summed E-state index contributed by atoms with van der Waals surface area (Å²) in [4.78, 5) is 4.64. The maximum absolute atomic E-state index is 2.32. The Morgan fingerprint density at radius 1 is 0.342 bits per heavy atom. The number of anilines is 4. The lowest BCUT2D eigenvalue weighted by Crippen LogP contribution is -2.13. The van der Waals surface area contributed by atoms with E-state index >= 15 is 0 Å². The second-order valence-corrected chi connectivity index (χ2v) is 9.97. The zero-order chi connectivity index (χ0) is 25.6. The van der Waals surface area contributed by atoms with Gasteiger partial charge in [0.25, 0.3) is 0 Å². The topological polar surface area (TPSA) is 6.48 Å². The van der Waals surface area contributed by atoms with Crippen LogP contribution < -0.4 is 9.80 Å². The highest BCUT2D eigenvalue weighted by molar-refractivity contribution is 6.13. The molecular formula is C36H28N2. The molecular weight excluding hydrogens is 460 g/mol. The Kier molecular flexibility index (Phi) is 5.26. The third kappa shape index (κ3) is 3.57. The van der Waals surface area contributed by atoms with E-state index in [0.29, 0.717) is 0 Å². The van der Waals surface area contributed by atoms with Gasteiger partial charge in [0.2, 0.25) is 0 Å². The molecule has 2 heteroatoms. The maximum atomic E-state index is 2.32. The van der Waals surface area contributed by atoms with Crippen LogP contribution in [0.25, 0.3) is 43.1 Å². The van der Waals surface area contributed by atoms with E-state index in [1.54, 1.807) is 0 Å². The average molecular weight is 489 g/mol. The standard InChI is InChI=1S/C36H28N2/c1-37(35-31-15-7-3-11-25(31)23-26-12-4-8-16-32(26)35)29-19-21-30(22-20-29)38(2)36-33-17-9-5-13-27(33)24-28-14-6-10-18-34(28)36/h3-24H,1-2H3. The summed E-state index contributed by atoms with van der Waals surface area (Å²) in [7, 11) is 4.34. The van der Waals surface area contributed by atoms with E-state index < -0.39 is 0 Å². The van der Waals surface area contributed by atoms with Crippen LogP contribution in [0, 0.1) is 0 Å². The van der Waals surface area contributed by atoms with Crippen molar-refractivity contribution in [3.63, 3.8) is 0 Å². The molecule has 0 saturated carbocycles. The van der Waals surface area contributed by atoms with E-state index in [1.165, 1.54) is 54.5 Å². The smallest absolute Gasteiger partial charge is 0.0567 e. The lowest BCUT2D eigenvalue weighted by molar-refractivity contribution is 1.20. The van der Waals surface area contributed by atoms with Crippen molar-refractivity contribution in [2.45, 2.75) is 0 Å². The molecule has 0 heterocycles. The first-order valence-electron chi connectivity index (χ1n) is 13.1. The van der Waals surface area contributed by atoms with Crippen molar-refractivity contribution in [3.05, 3.63) is 133 Å². The van der Waals surface area contributed by atoms with Gasteiger partial charge in [-0.1, -0.05) is 97.1 Å². The maximum Gasteiger partial charge on any atom is 0.0567 e. The lowest BCUT2D eigenvalue weighted by Gasteiger charge is -2.26. The van der Waals surface area contributed by atoms with Gasteiger partial charge < -0.3 is 9.80 Å². The number of benzene rings is 7. The molecule has 0 radical (unpaired) electrons. The second kappa shape index (κ2) is 8.93. The minimum Gasteiger partial charge on any atom is -0.344 e. The van der Waals surface area contributed by atoms with E-state index in [-0.39, 0.29) is 0 Å². The van der Waals surface area contributed by atoms with Crippen LogP contribution in [-0.4, -0.2) is 14.1 Å². The van der Waals surface area contributed by atoms with Crippen LogP contribution in [0.2, 0.25) is 0 Å². The zero-order valence-electron chi connectivity index (χ0n) is 21.6. The lowest BCUT2D eigenvalue weighted by atomic mass is 9.99. The molecule has 0 bridgehead atoms. The first-order chi connectivity index (χ1) is 18.7. The van der Waals surface area contributed by atoms with Crippen molar-refractivity contribution < 1.29 is 0 Å². The molecule has 0 aliphatic heterocycles. The van der Waals surface area contributed by atoms with Crippen LogP contribution in [0.15, 0.2) is 133 Å². The zero-order valence-corrected chi connectivity index (χ0v) is 21.6. The predicted octanol–water partition coefficient (Wildman–Crippen LogP) is 9.84. The molecule has 0 unspecified atom stereocenters. The highest BCUT2D eigenvalue weighted by Gasteiger charge is 2.16. The summed E-state index contributed by atoms with van der Waals surface area (Å²) in [5.41, 5.74) is 4.79. The summed E-state index contributed by atoms with van der Waals surface area (Å²) in [6.45, 7) is 0. The van der Waals surface area contributed by atoms with Gasteiger partial charge in [0.05, 0.1) is 11.4 Å². The normalized spacial score (nSPS) is 11.4. The molecule has 0 atom stereocenters. The van der Waals surface area contributed by atoms with E-state index in [4.69, 9.17) is 0 Å². The molecule has 0 fully saturated rings. The molecule has 0 N–H and O–H groups in total. The van der Waals surface area contributed by atoms with Crippen LogP contribution in [0.1, 0.15) is 0 Å². The molecule has 0 spiro atoms. The van der Waals surface area contributed by atoms with Crippen LogP contribution in [0.5, 0.6) is 0 Å². The number of rotatable bonds is 4. The largest absolute Gasteiger partial charge is 0.344 e. The molecule has 7 rings (SSSR count). The van der Waals surface area contributed by atoms with E-state index in [9.17, 15) is 0 Å². The molecule has 38 heavy (non-hydrogen) atoms. The van der Waals surface area contributed by atoms with Gasteiger partial charge in [-0.15, -0.1) is 0 Å². The minimum absolute atomic E-state index is 1.16. The third-order valence-electron chi connectivity index (χ3n) is 7.78. The van der Waals surface area contributed by atoms with Crippen molar-refractivity contribution >= 4 is 65.8 Å². The fourth-order valence-corrected chi connectivity index (χ4v) is 5.86. The van der Waals surface area contributed by atoms with E-state index in [2.05, 4.69) is 157 Å². The predicted molar refractivity (Wildman–Crippen MR) is 165 cm³/mol. The van der Waals surface area contributed by atoms with Crippen molar-refractivity contribution in [2.24, 2.45) is 0 Å². The van der Waals surface area contributed by atoms with Gasteiger partial charge in [-0.25, -0.2) is 0 Å². The van der Waals surface area contributed by atoms with Crippen LogP contribution in [-0.2, 0) is 0 Å². The number of hydrogen-bond acceptors (Lipinski definition) is 2. The van der Waals surface area contributed by atoms with Gasteiger partial charge in [0.1, 0.15) is 0 Å². The van der Waals surface area contributed by atoms with Gasteiger partial charge in [0.15, 0.2) is 0 Å². The first kappa shape index (κ1) is 22.4. The van der Waals surface area contributed by atoms with Gasteiger partial charge in [0, 0.05) is 47.0 Å². The van der Waals surface area contributed by atoms with Gasteiger partial charge in [-0.2, -0.15) is 0 Å². The summed E-state index contributed by atoms with van der Waals surface area (Å²) in [6.07, 6.45) is 0. The monoisotopic (exact) mass is 488 g/mol.